The van der Waals surface area contributed by atoms with Crippen LogP contribution in [0, 0.1) is 0 Å². The largest absolute Gasteiger partial charge is 0.481 e. The molecule has 0 fully saturated rings. The quantitative estimate of drug-likeness (QED) is 0.812. The molecule has 0 aliphatic carbocycles. The van der Waals surface area contributed by atoms with Crippen molar-refractivity contribution in [2.24, 2.45) is 0 Å². The lowest BCUT2D eigenvalue weighted by atomic mass is 10.6. The van der Waals surface area contributed by atoms with Gasteiger partial charge in [-0.3, -0.25) is 5.32 Å². The molecule has 12 heteroatoms. The highest BCUT2D eigenvalue weighted by molar-refractivity contribution is 7.92. The normalized spacial score (nSPS) is 10.9. The number of anilines is 1. The molecular formula is C11H11ClN4O5S2. The fourth-order valence-corrected chi connectivity index (χ4v) is 4.03. The van der Waals surface area contributed by atoms with Crippen LogP contribution in [0.3, 0.4) is 0 Å². The zero-order valence-electron chi connectivity index (χ0n) is 11.9. The Bertz CT molecular complexity index is 801. The van der Waals surface area contributed by atoms with Gasteiger partial charge in [0.05, 0.1) is 25.3 Å². The minimum absolute atomic E-state index is 0.0228. The molecule has 2 aromatic heterocycles. The van der Waals surface area contributed by atoms with Crippen LogP contribution in [0.1, 0.15) is 0 Å². The van der Waals surface area contributed by atoms with E-state index in [1.54, 1.807) is 0 Å². The van der Waals surface area contributed by atoms with Crippen molar-refractivity contribution in [3.05, 3.63) is 22.5 Å². The molecule has 124 valence electrons. The molecule has 0 aromatic carbocycles. The summed E-state index contributed by atoms with van der Waals surface area (Å²) >= 11 is 6.63. The molecule has 0 atom stereocenters. The van der Waals surface area contributed by atoms with E-state index in [0.717, 1.165) is 11.3 Å². The Morgan fingerprint density at radius 3 is 2.35 bits per heavy atom. The molecule has 23 heavy (non-hydrogen) atoms. The summed E-state index contributed by atoms with van der Waals surface area (Å²) in [5, 5.41) is 3.69. The molecule has 0 unspecified atom stereocenters. The molecule has 9 nitrogen and oxygen atoms in total. The maximum absolute atomic E-state index is 12.0. The van der Waals surface area contributed by atoms with E-state index in [-0.39, 0.29) is 26.9 Å². The summed E-state index contributed by atoms with van der Waals surface area (Å²) < 4.78 is 35.5. The average Bonchev–Trinajstić information content (AvgIpc) is 2.93. The Kier molecular flexibility index (Phi) is 5.23. The van der Waals surface area contributed by atoms with Crippen LogP contribution in [-0.4, -0.2) is 38.6 Å². The van der Waals surface area contributed by atoms with Gasteiger partial charge in [0.25, 0.3) is 10.0 Å². The van der Waals surface area contributed by atoms with Crippen molar-refractivity contribution < 1.29 is 22.7 Å². The number of ether oxygens (including phenoxy) is 2. The number of urea groups is 1. The smallest absolute Gasteiger partial charge is 0.335 e. The number of hydrogen-bond donors (Lipinski definition) is 2. The number of rotatable bonds is 5. The van der Waals surface area contributed by atoms with Gasteiger partial charge in [-0.25, -0.2) is 17.9 Å². The van der Waals surface area contributed by atoms with Gasteiger partial charge in [0.1, 0.15) is 0 Å². The van der Waals surface area contributed by atoms with Gasteiger partial charge in [-0.1, -0.05) is 11.6 Å². The second-order valence-corrected chi connectivity index (χ2v) is 7.09. The molecule has 0 aliphatic heterocycles. The van der Waals surface area contributed by atoms with Crippen molar-refractivity contribution in [3.8, 4) is 11.8 Å². The molecule has 2 amide bonds. The lowest BCUT2D eigenvalue weighted by Crippen LogP contribution is -2.34. The van der Waals surface area contributed by atoms with Gasteiger partial charge in [0.15, 0.2) is 4.21 Å². The summed E-state index contributed by atoms with van der Waals surface area (Å²) in [7, 11) is -1.35. The van der Waals surface area contributed by atoms with Gasteiger partial charge in [-0.2, -0.15) is 9.97 Å². The van der Waals surface area contributed by atoms with Gasteiger partial charge in [-0.05, 0) is 11.4 Å². The Labute approximate surface area is 140 Å². The third kappa shape index (κ3) is 4.21. The van der Waals surface area contributed by atoms with Crippen LogP contribution in [0.15, 0.2) is 21.7 Å². The number of sulfonamides is 1. The van der Waals surface area contributed by atoms with Gasteiger partial charge in [0.2, 0.25) is 17.7 Å². The van der Waals surface area contributed by atoms with Crippen LogP contribution in [0.4, 0.5) is 10.7 Å². The Morgan fingerprint density at radius 2 is 1.87 bits per heavy atom. The van der Waals surface area contributed by atoms with Crippen LogP contribution in [0.5, 0.6) is 11.8 Å². The van der Waals surface area contributed by atoms with E-state index in [2.05, 4.69) is 15.3 Å². The molecule has 2 aromatic rings. The van der Waals surface area contributed by atoms with Crippen molar-refractivity contribution in [1.29, 1.82) is 0 Å². The highest BCUT2D eigenvalue weighted by Gasteiger charge is 2.22. The second-order valence-electron chi connectivity index (χ2n) is 3.89. The number of amides is 2. The molecule has 0 spiro atoms. The fourth-order valence-electron chi connectivity index (χ4n) is 1.44. The predicted molar refractivity (Wildman–Crippen MR) is 83.8 cm³/mol. The first-order chi connectivity index (χ1) is 10.9. The number of halogens is 1. The molecule has 2 rings (SSSR count). The molecular weight excluding hydrogens is 368 g/mol. The van der Waals surface area contributed by atoms with E-state index in [1.165, 1.54) is 31.7 Å². The van der Waals surface area contributed by atoms with Crippen molar-refractivity contribution in [2.75, 3.05) is 19.5 Å². The molecule has 0 bridgehead atoms. The molecule has 0 saturated heterocycles. The van der Waals surface area contributed by atoms with E-state index in [4.69, 9.17) is 21.1 Å². The van der Waals surface area contributed by atoms with Gasteiger partial charge < -0.3 is 9.47 Å². The maximum Gasteiger partial charge on any atom is 0.335 e. The average molecular weight is 379 g/mol. The SMILES string of the molecule is COc1cc(OC)nc(NC(=O)NS(=O)(=O)c2sccc2Cl)n1. The number of hydrogen-bond acceptors (Lipinski definition) is 8. The summed E-state index contributed by atoms with van der Waals surface area (Å²) in [5.74, 6) is 0.0822. The predicted octanol–water partition coefficient (Wildman–Crippen LogP) is 1.72. The zero-order chi connectivity index (χ0) is 17.0. The Balaban J connectivity index is 2.15. The second kappa shape index (κ2) is 6.98. The van der Waals surface area contributed by atoms with E-state index in [1.807, 2.05) is 4.72 Å². The van der Waals surface area contributed by atoms with E-state index in [9.17, 15) is 13.2 Å². The van der Waals surface area contributed by atoms with Crippen LogP contribution < -0.4 is 19.5 Å². The number of nitrogens with one attached hydrogen (secondary N) is 2. The minimum atomic E-state index is -4.09. The monoisotopic (exact) mass is 378 g/mol. The molecule has 2 heterocycles. The summed E-state index contributed by atoms with van der Waals surface area (Å²) in [6, 6.07) is 1.75. The van der Waals surface area contributed by atoms with E-state index in [0.29, 0.717) is 0 Å². The molecule has 0 radical (unpaired) electrons. The Morgan fingerprint density at radius 1 is 1.26 bits per heavy atom. The first kappa shape index (κ1) is 17.2. The third-order valence-corrected chi connectivity index (χ3v) is 5.73. The number of aromatic nitrogens is 2. The first-order valence-electron chi connectivity index (χ1n) is 5.89. The number of carbonyl (C=O) groups is 1. The lowest BCUT2D eigenvalue weighted by Gasteiger charge is -2.09. The Hall–Kier alpha value is -2.11. The van der Waals surface area contributed by atoms with Crippen LogP contribution >= 0.6 is 22.9 Å². The van der Waals surface area contributed by atoms with Crippen molar-refractivity contribution in [1.82, 2.24) is 14.7 Å². The topological polar surface area (TPSA) is 120 Å². The third-order valence-electron chi connectivity index (χ3n) is 2.38. The van der Waals surface area contributed by atoms with Crippen molar-refractivity contribution >= 4 is 44.9 Å². The zero-order valence-corrected chi connectivity index (χ0v) is 14.3. The van der Waals surface area contributed by atoms with Gasteiger partial charge >= 0.3 is 6.03 Å². The van der Waals surface area contributed by atoms with Crippen LogP contribution in [-0.2, 0) is 10.0 Å². The number of carbonyl (C=O) groups excluding carboxylic acids is 1. The summed E-state index contributed by atoms with van der Waals surface area (Å²) in [6.45, 7) is 0. The van der Waals surface area contributed by atoms with Gasteiger partial charge in [-0.15, -0.1) is 11.3 Å². The minimum Gasteiger partial charge on any atom is -0.481 e. The van der Waals surface area contributed by atoms with Crippen LogP contribution in [0.2, 0.25) is 5.02 Å². The summed E-state index contributed by atoms with van der Waals surface area (Å²) in [6.07, 6.45) is 0. The highest BCUT2D eigenvalue weighted by atomic mass is 35.5. The first-order valence-corrected chi connectivity index (χ1v) is 8.63. The molecule has 0 saturated carbocycles. The van der Waals surface area contributed by atoms with Crippen LogP contribution in [0.25, 0.3) is 0 Å². The molecule has 0 aliphatic rings. The standard InChI is InChI=1S/C11H11ClN4O5S2/c1-20-7-5-8(21-2)14-10(13-7)15-11(17)16-23(18,19)9-6(12)3-4-22-9/h3-5H,1-2H3,(H2,13,14,15,16,17). The highest BCUT2D eigenvalue weighted by Crippen LogP contribution is 2.26. The lowest BCUT2D eigenvalue weighted by molar-refractivity contribution is 0.256. The summed E-state index contributed by atoms with van der Waals surface area (Å²) in [5.41, 5.74) is 0. The van der Waals surface area contributed by atoms with Gasteiger partial charge in [0, 0.05) is 0 Å². The van der Waals surface area contributed by atoms with E-state index < -0.39 is 16.1 Å². The van der Waals surface area contributed by atoms with E-state index >= 15 is 0 Å². The maximum atomic E-state index is 12.0. The number of thiophene rings is 1. The molecule has 2 N–H and O–H groups in total. The summed E-state index contributed by atoms with van der Waals surface area (Å²) in [4.78, 5) is 19.5. The number of nitrogens with zero attached hydrogens (tertiary/aromatic N) is 2. The fraction of sp³-hybridized carbons (Fsp3) is 0.182. The van der Waals surface area contributed by atoms with Crippen molar-refractivity contribution in [3.63, 3.8) is 0 Å². The number of methoxy groups -OCH3 is 2. The van der Waals surface area contributed by atoms with Crippen molar-refractivity contribution in [2.45, 2.75) is 4.21 Å².